The number of amides is 2. The zero-order valence-electron chi connectivity index (χ0n) is 16.5. The van der Waals surface area contributed by atoms with Gasteiger partial charge < -0.3 is 30.0 Å². The van der Waals surface area contributed by atoms with Gasteiger partial charge in [0.2, 0.25) is 0 Å². The molecule has 1 aromatic rings. The van der Waals surface area contributed by atoms with Crippen LogP contribution in [0, 0.1) is 0 Å². The van der Waals surface area contributed by atoms with Crippen LogP contribution >= 0.6 is 0 Å². The molecule has 9 heteroatoms. The summed E-state index contributed by atoms with van der Waals surface area (Å²) in [5.41, 5.74) is 5.98. The molecule has 29 heavy (non-hydrogen) atoms. The Morgan fingerprint density at radius 3 is 2.90 bits per heavy atom. The van der Waals surface area contributed by atoms with Crippen LogP contribution in [0.1, 0.15) is 29.6 Å². The number of carbonyl (C=O) groups excluding carboxylic acids is 2. The number of aliphatic hydroxyl groups is 1. The molecule has 9 nitrogen and oxygen atoms in total. The largest absolute Gasteiger partial charge is 0.493 e. The van der Waals surface area contributed by atoms with E-state index < -0.39 is 18.4 Å². The zero-order valence-corrected chi connectivity index (χ0v) is 16.5. The summed E-state index contributed by atoms with van der Waals surface area (Å²) in [5, 5.41) is 11.0. The SMILES string of the molecule is C=CCOC(=O)N1c2cc(OCCCN)c(OC)cc2C(=O)N2CCCC2[C@@H]1O. The molecule has 1 aromatic carbocycles. The van der Waals surface area contributed by atoms with Gasteiger partial charge in [0, 0.05) is 12.6 Å². The first-order valence-corrected chi connectivity index (χ1v) is 9.64. The van der Waals surface area contributed by atoms with Crippen molar-refractivity contribution in [2.75, 3.05) is 38.3 Å². The Bertz CT molecular complexity index is 784. The van der Waals surface area contributed by atoms with Crippen LogP contribution in [0.3, 0.4) is 0 Å². The van der Waals surface area contributed by atoms with Crippen LogP contribution in [0.5, 0.6) is 11.5 Å². The van der Waals surface area contributed by atoms with E-state index >= 15 is 0 Å². The topological polar surface area (TPSA) is 115 Å². The average Bonchev–Trinajstić information content (AvgIpc) is 3.19. The molecular weight excluding hydrogens is 378 g/mol. The predicted molar refractivity (Wildman–Crippen MR) is 106 cm³/mol. The van der Waals surface area contributed by atoms with Gasteiger partial charge in [0.25, 0.3) is 5.91 Å². The van der Waals surface area contributed by atoms with E-state index in [1.54, 1.807) is 4.90 Å². The lowest BCUT2D eigenvalue weighted by atomic mass is 10.1. The van der Waals surface area contributed by atoms with E-state index in [9.17, 15) is 14.7 Å². The van der Waals surface area contributed by atoms with E-state index in [1.165, 1.54) is 25.3 Å². The van der Waals surface area contributed by atoms with Crippen LogP contribution in [-0.4, -0.2) is 67.7 Å². The highest BCUT2D eigenvalue weighted by atomic mass is 16.6. The molecule has 2 aliphatic rings. The van der Waals surface area contributed by atoms with Gasteiger partial charge >= 0.3 is 6.09 Å². The summed E-state index contributed by atoms with van der Waals surface area (Å²) in [5.74, 6) is 0.441. The van der Waals surface area contributed by atoms with Crippen LogP contribution in [0.4, 0.5) is 10.5 Å². The number of methoxy groups -OCH3 is 1. The molecule has 2 atom stereocenters. The van der Waals surface area contributed by atoms with Gasteiger partial charge in [-0.3, -0.25) is 4.79 Å². The summed E-state index contributed by atoms with van der Waals surface area (Å²) in [6.45, 7) is 4.83. The van der Waals surface area contributed by atoms with Crippen molar-refractivity contribution in [3.8, 4) is 11.5 Å². The minimum Gasteiger partial charge on any atom is -0.493 e. The maximum absolute atomic E-state index is 13.2. The van der Waals surface area contributed by atoms with Crippen molar-refractivity contribution in [2.24, 2.45) is 5.73 Å². The Morgan fingerprint density at radius 2 is 2.21 bits per heavy atom. The third-order valence-electron chi connectivity index (χ3n) is 5.07. The fourth-order valence-electron chi connectivity index (χ4n) is 3.69. The minimum absolute atomic E-state index is 0.0181. The molecule has 0 spiro atoms. The van der Waals surface area contributed by atoms with E-state index in [4.69, 9.17) is 19.9 Å². The number of nitrogens with two attached hydrogens (primary N) is 1. The smallest absolute Gasteiger partial charge is 0.416 e. The summed E-state index contributed by atoms with van der Waals surface area (Å²) >= 11 is 0. The normalized spacial score (nSPS) is 20.6. The Kier molecular flexibility index (Phi) is 6.60. The number of hydrogen-bond acceptors (Lipinski definition) is 7. The Balaban J connectivity index is 2.10. The maximum Gasteiger partial charge on any atom is 0.416 e. The number of ether oxygens (including phenoxy) is 3. The Hall–Kier alpha value is -2.78. The van der Waals surface area contributed by atoms with Gasteiger partial charge in [-0.2, -0.15) is 0 Å². The fourth-order valence-corrected chi connectivity index (χ4v) is 3.69. The van der Waals surface area contributed by atoms with E-state index in [2.05, 4.69) is 6.58 Å². The van der Waals surface area contributed by atoms with Gasteiger partial charge in [-0.05, 0) is 31.9 Å². The molecule has 0 aromatic heterocycles. The molecule has 0 saturated carbocycles. The second-order valence-corrected chi connectivity index (χ2v) is 6.87. The first-order valence-electron chi connectivity index (χ1n) is 9.64. The number of benzene rings is 1. The molecule has 1 saturated heterocycles. The molecule has 3 rings (SSSR count). The Labute approximate surface area is 169 Å². The van der Waals surface area contributed by atoms with Crippen molar-refractivity contribution >= 4 is 17.7 Å². The molecule has 158 valence electrons. The van der Waals surface area contributed by atoms with Crippen LogP contribution in [0.2, 0.25) is 0 Å². The molecule has 3 N–H and O–H groups in total. The highest BCUT2D eigenvalue weighted by Crippen LogP contribution is 2.41. The molecule has 0 bridgehead atoms. The molecule has 2 aliphatic heterocycles. The highest BCUT2D eigenvalue weighted by molar-refractivity contribution is 6.06. The minimum atomic E-state index is -1.25. The van der Waals surface area contributed by atoms with E-state index in [1.807, 2.05) is 0 Å². The number of rotatable bonds is 7. The van der Waals surface area contributed by atoms with Gasteiger partial charge in [-0.15, -0.1) is 0 Å². The van der Waals surface area contributed by atoms with Gasteiger partial charge in [0.15, 0.2) is 17.7 Å². The lowest BCUT2D eigenvalue weighted by Gasteiger charge is -2.31. The molecule has 2 heterocycles. The van der Waals surface area contributed by atoms with Crippen LogP contribution in [-0.2, 0) is 4.74 Å². The van der Waals surface area contributed by atoms with Gasteiger partial charge in [0.1, 0.15) is 6.61 Å². The summed E-state index contributed by atoms with van der Waals surface area (Å²) < 4.78 is 16.3. The standard InChI is InChI=1S/C20H27N3O6/c1-3-9-29-20(26)23-15-12-17(28-10-5-7-21)16(27-2)11-13(15)18(24)22-8-4-6-14(22)19(23)25/h3,11-12,14,19,25H,1,4-10,21H2,2H3/t14?,19-/m0/s1. The molecule has 0 radical (unpaired) electrons. The van der Waals surface area contributed by atoms with Gasteiger partial charge in [-0.1, -0.05) is 12.7 Å². The van der Waals surface area contributed by atoms with Gasteiger partial charge in [-0.25, -0.2) is 9.69 Å². The third kappa shape index (κ3) is 4.01. The van der Waals surface area contributed by atoms with Crippen molar-refractivity contribution in [1.29, 1.82) is 0 Å². The monoisotopic (exact) mass is 405 g/mol. The number of carbonyl (C=O) groups is 2. The summed E-state index contributed by atoms with van der Waals surface area (Å²) in [7, 11) is 1.47. The molecule has 0 aliphatic carbocycles. The van der Waals surface area contributed by atoms with E-state index in [-0.39, 0.29) is 23.8 Å². The third-order valence-corrected chi connectivity index (χ3v) is 5.07. The number of aliphatic hydroxyl groups excluding tert-OH is 1. The number of nitrogens with zero attached hydrogens (tertiary/aromatic N) is 2. The van der Waals surface area contributed by atoms with Crippen molar-refractivity contribution < 1.29 is 28.9 Å². The lowest BCUT2D eigenvalue weighted by Crippen LogP contribution is -2.50. The van der Waals surface area contributed by atoms with Crippen LogP contribution in [0.25, 0.3) is 0 Å². The second kappa shape index (κ2) is 9.15. The Morgan fingerprint density at radius 1 is 1.41 bits per heavy atom. The maximum atomic E-state index is 13.2. The fraction of sp³-hybridized carbons (Fsp3) is 0.500. The molecule has 1 fully saturated rings. The van der Waals surface area contributed by atoms with Crippen LogP contribution < -0.4 is 20.1 Å². The average molecular weight is 405 g/mol. The molecular formula is C20H27N3O6. The number of fused-ring (bicyclic) bond motifs is 2. The van der Waals surface area contributed by atoms with Gasteiger partial charge in [0.05, 0.1) is 31.0 Å². The van der Waals surface area contributed by atoms with Crippen LogP contribution in [0.15, 0.2) is 24.8 Å². The first kappa shape index (κ1) is 20.9. The first-order chi connectivity index (χ1) is 14.0. The lowest BCUT2D eigenvalue weighted by molar-refractivity contribution is 0.0496. The predicted octanol–water partition coefficient (Wildman–Crippen LogP) is 1.49. The summed E-state index contributed by atoms with van der Waals surface area (Å²) in [4.78, 5) is 28.7. The number of hydrogen-bond donors (Lipinski definition) is 2. The summed E-state index contributed by atoms with van der Waals surface area (Å²) in [6.07, 6.45) is 1.39. The van der Waals surface area contributed by atoms with Crippen molar-refractivity contribution in [1.82, 2.24) is 4.90 Å². The van der Waals surface area contributed by atoms with Crippen molar-refractivity contribution in [3.05, 3.63) is 30.4 Å². The quantitative estimate of drug-likeness (QED) is 0.522. The van der Waals surface area contributed by atoms with Crippen molar-refractivity contribution in [2.45, 2.75) is 31.5 Å². The molecule has 1 unspecified atom stereocenters. The second-order valence-electron chi connectivity index (χ2n) is 6.87. The molecule has 2 amide bonds. The highest BCUT2D eigenvalue weighted by Gasteiger charge is 2.45. The number of anilines is 1. The summed E-state index contributed by atoms with van der Waals surface area (Å²) in [6, 6.07) is 2.55. The van der Waals surface area contributed by atoms with Crippen molar-refractivity contribution in [3.63, 3.8) is 0 Å². The zero-order chi connectivity index (χ0) is 21.0. The van der Waals surface area contributed by atoms with E-state index in [0.717, 1.165) is 11.3 Å². The van der Waals surface area contributed by atoms with E-state index in [0.29, 0.717) is 44.0 Å².